The monoisotopic (exact) mass is 200 g/mol. The molecule has 0 aliphatic heterocycles. The summed E-state index contributed by atoms with van der Waals surface area (Å²) in [5.74, 6) is -0.0366. The fourth-order valence-corrected chi connectivity index (χ4v) is 1.51. The van der Waals surface area contributed by atoms with Gasteiger partial charge >= 0.3 is 0 Å². The van der Waals surface area contributed by atoms with Gasteiger partial charge in [0.2, 0.25) is 5.91 Å². The van der Waals surface area contributed by atoms with E-state index in [2.05, 4.69) is 10.3 Å². The number of nitrogens with one attached hydrogen (secondary N) is 1. The third-order valence-electron chi connectivity index (χ3n) is 1.42. The molecule has 0 bridgehead atoms. The smallest absolute Gasteiger partial charge is 0.227 e. The van der Waals surface area contributed by atoms with Crippen LogP contribution < -0.4 is 5.32 Å². The van der Waals surface area contributed by atoms with Crippen LogP contribution in [0.4, 0.5) is 5.00 Å². The zero-order valence-electron chi connectivity index (χ0n) is 7.66. The van der Waals surface area contributed by atoms with E-state index in [4.69, 9.17) is 4.74 Å². The molecule has 0 saturated carbocycles. The van der Waals surface area contributed by atoms with Crippen LogP contribution in [0.5, 0.6) is 0 Å². The third-order valence-corrected chi connectivity index (χ3v) is 2.25. The van der Waals surface area contributed by atoms with Crippen molar-refractivity contribution < 1.29 is 9.53 Å². The van der Waals surface area contributed by atoms with E-state index in [0.29, 0.717) is 13.0 Å². The van der Waals surface area contributed by atoms with Crippen molar-refractivity contribution in [3.63, 3.8) is 0 Å². The molecule has 0 aromatic carbocycles. The van der Waals surface area contributed by atoms with Gasteiger partial charge < -0.3 is 10.1 Å². The first-order valence-corrected chi connectivity index (χ1v) is 4.75. The Hall–Kier alpha value is -0.940. The van der Waals surface area contributed by atoms with Crippen molar-refractivity contribution >= 4 is 22.2 Å². The van der Waals surface area contributed by atoms with Gasteiger partial charge in [0.15, 0.2) is 0 Å². The first-order valence-electron chi connectivity index (χ1n) is 3.93. The van der Waals surface area contributed by atoms with Crippen molar-refractivity contribution in [1.29, 1.82) is 0 Å². The van der Waals surface area contributed by atoms with Crippen molar-refractivity contribution in [2.75, 3.05) is 19.0 Å². The van der Waals surface area contributed by atoms with Crippen LogP contribution >= 0.6 is 11.3 Å². The number of aromatic nitrogens is 1. The van der Waals surface area contributed by atoms with E-state index in [1.807, 2.05) is 6.92 Å². The fraction of sp³-hybridized carbons (Fsp3) is 0.500. The molecule has 1 N–H and O–H groups in total. The number of hydrogen-bond acceptors (Lipinski definition) is 4. The molecule has 0 aliphatic rings. The Morgan fingerprint density at radius 2 is 2.54 bits per heavy atom. The Morgan fingerprint density at radius 3 is 3.08 bits per heavy atom. The SMILES string of the molecule is COCCC(=O)Nc1cnc(C)s1. The molecule has 13 heavy (non-hydrogen) atoms. The van der Waals surface area contributed by atoms with Gasteiger partial charge in [0.1, 0.15) is 5.00 Å². The highest BCUT2D eigenvalue weighted by Crippen LogP contribution is 2.17. The van der Waals surface area contributed by atoms with Gasteiger partial charge in [-0.2, -0.15) is 0 Å². The van der Waals surface area contributed by atoms with Crippen LogP contribution in [0.3, 0.4) is 0 Å². The van der Waals surface area contributed by atoms with Crippen molar-refractivity contribution in [2.24, 2.45) is 0 Å². The Kier molecular flexibility index (Phi) is 3.85. The van der Waals surface area contributed by atoms with Gasteiger partial charge in [-0.15, -0.1) is 11.3 Å². The summed E-state index contributed by atoms with van der Waals surface area (Å²) in [6, 6.07) is 0. The summed E-state index contributed by atoms with van der Waals surface area (Å²) in [5, 5.41) is 4.47. The molecule has 0 spiro atoms. The average Bonchev–Trinajstić information content (AvgIpc) is 2.48. The zero-order valence-corrected chi connectivity index (χ0v) is 8.48. The summed E-state index contributed by atoms with van der Waals surface area (Å²) in [6.45, 7) is 2.35. The highest BCUT2D eigenvalue weighted by molar-refractivity contribution is 7.15. The van der Waals surface area contributed by atoms with Gasteiger partial charge in [0.25, 0.3) is 0 Å². The molecule has 72 valence electrons. The topological polar surface area (TPSA) is 51.2 Å². The molecule has 0 atom stereocenters. The van der Waals surface area contributed by atoms with E-state index >= 15 is 0 Å². The van der Waals surface area contributed by atoms with Crippen LogP contribution in [-0.2, 0) is 9.53 Å². The number of thiazole rings is 1. The Morgan fingerprint density at radius 1 is 1.77 bits per heavy atom. The second kappa shape index (κ2) is 4.94. The van der Waals surface area contributed by atoms with Gasteiger partial charge in [-0.25, -0.2) is 4.98 Å². The Labute approximate surface area is 80.9 Å². The van der Waals surface area contributed by atoms with Crippen molar-refractivity contribution in [1.82, 2.24) is 4.98 Å². The maximum atomic E-state index is 11.2. The van der Waals surface area contributed by atoms with E-state index in [1.54, 1.807) is 13.3 Å². The number of carbonyl (C=O) groups excluding carboxylic acids is 1. The first-order chi connectivity index (χ1) is 6.22. The standard InChI is InChI=1S/C8H12N2O2S/c1-6-9-5-8(13-6)10-7(11)3-4-12-2/h5H,3-4H2,1-2H3,(H,10,11). The molecule has 0 aliphatic carbocycles. The Balaban J connectivity index is 2.36. The molecule has 4 nitrogen and oxygen atoms in total. The molecular formula is C8H12N2O2S. The quantitative estimate of drug-likeness (QED) is 0.799. The summed E-state index contributed by atoms with van der Waals surface area (Å²) in [7, 11) is 1.57. The maximum absolute atomic E-state index is 11.2. The molecule has 1 aromatic rings. The van der Waals surface area contributed by atoms with Gasteiger partial charge in [-0.1, -0.05) is 0 Å². The summed E-state index contributed by atoms with van der Waals surface area (Å²) >= 11 is 1.47. The summed E-state index contributed by atoms with van der Waals surface area (Å²) in [6.07, 6.45) is 2.04. The number of hydrogen-bond donors (Lipinski definition) is 1. The van der Waals surface area contributed by atoms with Gasteiger partial charge in [0.05, 0.1) is 24.2 Å². The van der Waals surface area contributed by atoms with E-state index in [1.165, 1.54) is 11.3 Å². The molecule has 1 heterocycles. The van der Waals surface area contributed by atoms with E-state index in [9.17, 15) is 4.79 Å². The second-order valence-corrected chi connectivity index (χ2v) is 3.77. The maximum Gasteiger partial charge on any atom is 0.227 e. The van der Waals surface area contributed by atoms with E-state index < -0.39 is 0 Å². The number of nitrogens with zero attached hydrogens (tertiary/aromatic N) is 1. The Bertz CT molecular complexity index is 285. The number of aryl methyl sites for hydroxylation is 1. The number of amides is 1. The number of methoxy groups -OCH3 is 1. The zero-order chi connectivity index (χ0) is 9.68. The minimum absolute atomic E-state index is 0.0366. The molecule has 5 heteroatoms. The molecule has 1 aromatic heterocycles. The van der Waals surface area contributed by atoms with E-state index in [-0.39, 0.29) is 5.91 Å². The summed E-state index contributed by atoms with van der Waals surface area (Å²) < 4.78 is 4.78. The number of anilines is 1. The van der Waals surface area contributed by atoms with Gasteiger partial charge in [0, 0.05) is 7.11 Å². The first kappa shape index (κ1) is 10.1. The van der Waals surface area contributed by atoms with Gasteiger partial charge in [-0.3, -0.25) is 4.79 Å². The number of carbonyl (C=O) groups is 1. The van der Waals surface area contributed by atoms with Crippen molar-refractivity contribution in [2.45, 2.75) is 13.3 Å². The number of rotatable bonds is 4. The predicted octanol–water partition coefficient (Wildman–Crippen LogP) is 1.43. The summed E-state index contributed by atoms with van der Waals surface area (Å²) in [4.78, 5) is 15.2. The second-order valence-electron chi connectivity index (χ2n) is 2.53. The minimum atomic E-state index is -0.0366. The normalized spacial score (nSPS) is 10.0. The van der Waals surface area contributed by atoms with Gasteiger partial charge in [-0.05, 0) is 6.92 Å². The lowest BCUT2D eigenvalue weighted by Gasteiger charge is -1.99. The van der Waals surface area contributed by atoms with Crippen LogP contribution in [0.25, 0.3) is 0 Å². The molecule has 1 amide bonds. The molecule has 1 rings (SSSR count). The lowest BCUT2D eigenvalue weighted by Crippen LogP contribution is -2.12. The highest BCUT2D eigenvalue weighted by atomic mass is 32.1. The summed E-state index contributed by atoms with van der Waals surface area (Å²) in [5.41, 5.74) is 0. The highest BCUT2D eigenvalue weighted by Gasteiger charge is 2.03. The molecule has 0 saturated heterocycles. The van der Waals surface area contributed by atoms with Crippen LogP contribution in [-0.4, -0.2) is 24.6 Å². The molecular weight excluding hydrogens is 188 g/mol. The van der Waals surface area contributed by atoms with Crippen molar-refractivity contribution in [3.05, 3.63) is 11.2 Å². The minimum Gasteiger partial charge on any atom is -0.384 e. The lowest BCUT2D eigenvalue weighted by molar-refractivity contribution is -0.117. The molecule has 0 radical (unpaired) electrons. The van der Waals surface area contributed by atoms with Crippen LogP contribution in [0.2, 0.25) is 0 Å². The lowest BCUT2D eigenvalue weighted by atomic mass is 10.4. The predicted molar refractivity (Wildman–Crippen MR) is 52.0 cm³/mol. The fourth-order valence-electron chi connectivity index (χ4n) is 0.814. The third kappa shape index (κ3) is 3.52. The largest absolute Gasteiger partial charge is 0.384 e. The van der Waals surface area contributed by atoms with Crippen LogP contribution in [0.15, 0.2) is 6.20 Å². The molecule has 0 fully saturated rings. The van der Waals surface area contributed by atoms with E-state index in [0.717, 1.165) is 10.0 Å². The van der Waals surface area contributed by atoms with Crippen LogP contribution in [0, 0.1) is 6.92 Å². The van der Waals surface area contributed by atoms with Crippen LogP contribution in [0.1, 0.15) is 11.4 Å². The molecule has 0 unspecified atom stereocenters. The average molecular weight is 200 g/mol. The van der Waals surface area contributed by atoms with Crippen molar-refractivity contribution in [3.8, 4) is 0 Å². The number of ether oxygens (including phenoxy) is 1.